The van der Waals surface area contributed by atoms with Gasteiger partial charge in [0.2, 0.25) is 17.7 Å². The summed E-state index contributed by atoms with van der Waals surface area (Å²) in [6.07, 6.45) is -1.84. The second-order valence-corrected chi connectivity index (χ2v) is 7.54. The minimum absolute atomic E-state index is 0.0995. The zero-order valence-corrected chi connectivity index (χ0v) is 17.7. The normalized spacial score (nSPS) is 15.8. The third-order valence-corrected chi connectivity index (χ3v) is 4.21. The lowest BCUT2D eigenvalue weighted by atomic mass is 10.0. The summed E-state index contributed by atoms with van der Waals surface area (Å²) in [4.78, 5) is 58.8. The van der Waals surface area contributed by atoms with Crippen LogP contribution in [0.5, 0.6) is 0 Å². The van der Waals surface area contributed by atoms with Gasteiger partial charge in [-0.05, 0) is 25.7 Å². The summed E-state index contributed by atoms with van der Waals surface area (Å²) in [7, 11) is 0. The summed E-state index contributed by atoms with van der Waals surface area (Å²) in [5.74, 6) is -5.37. The first kappa shape index (κ1) is 28.2. The largest absolute Gasteiger partial charge is 0.481 e. The van der Waals surface area contributed by atoms with E-state index in [1.165, 1.54) is 6.92 Å². The lowest BCUT2D eigenvalue weighted by molar-refractivity contribution is -0.143. The maximum atomic E-state index is 12.6. The predicted molar refractivity (Wildman–Crippen MR) is 106 cm³/mol. The van der Waals surface area contributed by atoms with Crippen molar-refractivity contribution in [2.24, 2.45) is 11.7 Å². The molecule has 178 valence electrons. The van der Waals surface area contributed by atoms with E-state index in [1.807, 2.05) is 0 Å². The van der Waals surface area contributed by atoms with E-state index in [0.717, 1.165) is 0 Å². The van der Waals surface area contributed by atoms with E-state index in [-0.39, 0.29) is 25.2 Å². The molecular formula is C18H32N4O9. The minimum atomic E-state index is -1.57. The van der Waals surface area contributed by atoms with E-state index in [2.05, 4.69) is 16.0 Å². The standard InChI is InChI=1S/C18H32N4O9/c1-8(2)6-11(16(28)21-12(7-23)18(30)31)20-17(29)14(9(3)24)22-15(27)10(19)4-5-13(25)26/h8-12,14,23-24H,4-7,19H2,1-3H3,(H,20,29)(H,21,28)(H,22,27)(H,25,26)(H,30,31). The first-order chi connectivity index (χ1) is 14.3. The van der Waals surface area contributed by atoms with E-state index < -0.39 is 66.5 Å². The van der Waals surface area contributed by atoms with Crippen LogP contribution in [0.2, 0.25) is 0 Å². The van der Waals surface area contributed by atoms with E-state index >= 15 is 0 Å². The number of amides is 3. The molecule has 13 nitrogen and oxygen atoms in total. The van der Waals surface area contributed by atoms with Crippen LogP contribution in [0, 0.1) is 5.92 Å². The van der Waals surface area contributed by atoms with Gasteiger partial charge in [-0.2, -0.15) is 0 Å². The summed E-state index contributed by atoms with van der Waals surface area (Å²) >= 11 is 0. The molecule has 5 unspecified atom stereocenters. The Hall–Kier alpha value is -2.77. The van der Waals surface area contributed by atoms with Crippen molar-refractivity contribution < 1.29 is 44.4 Å². The van der Waals surface area contributed by atoms with Gasteiger partial charge < -0.3 is 42.1 Å². The van der Waals surface area contributed by atoms with Gasteiger partial charge in [0.05, 0.1) is 18.8 Å². The lowest BCUT2D eigenvalue weighted by Crippen LogP contribution is -2.60. The Morgan fingerprint density at radius 2 is 1.42 bits per heavy atom. The average Bonchev–Trinajstić information content (AvgIpc) is 2.66. The highest BCUT2D eigenvalue weighted by Gasteiger charge is 2.32. The van der Waals surface area contributed by atoms with Crippen molar-refractivity contribution in [3.05, 3.63) is 0 Å². The molecule has 0 bridgehead atoms. The number of nitrogens with two attached hydrogens (primary N) is 1. The molecule has 0 aliphatic rings. The molecule has 0 saturated heterocycles. The predicted octanol–water partition coefficient (Wildman–Crippen LogP) is -2.86. The van der Waals surface area contributed by atoms with Crippen molar-refractivity contribution >= 4 is 29.7 Å². The maximum absolute atomic E-state index is 12.6. The van der Waals surface area contributed by atoms with Gasteiger partial charge in [0, 0.05) is 6.42 Å². The van der Waals surface area contributed by atoms with Crippen LogP contribution in [0.15, 0.2) is 0 Å². The number of hydrogen-bond donors (Lipinski definition) is 8. The smallest absolute Gasteiger partial charge is 0.328 e. The first-order valence-corrected chi connectivity index (χ1v) is 9.70. The summed E-state index contributed by atoms with van der Waals surface area (Å²) in [6, 6.07) is -5.52. The number of rotatable bonds is 14. The quantitative estimate of drug-likeness (QED) is 0.135. The van der Waals surface area contributed by atoms with E-state index in [1.54, 1.807) is 13.8 Å². The van der Waals surface area contributed by atoms with Crippen LogP contribution in [0.4, 0.5) is 0 Å². The third kappa shape index (κ3) is 10.7. The summed E-state index contributed by atoms with van der Waals surface area (Å²) < 4.78 is 0. The number of nitrogens with one attached hydrogen (secondary N) is 3. The minimum Gasteiger partial charge on any atom is -0.481 e. The molecule has 0 aromatic rings. The molecule has 0 aliphatic carbocycles. The number of aliphatic hydroxyl groups is 2. The number of aliphatic hydroxyl groups excluding tert-OH is 2. The van der Waals surface area contributed by atoms with Crippen molar-refractivity contribution in [2.45, 2.75) is 70.3 Å². The third-order valence-electron chi connectivity index (χ3n) is 4.21. The fraction of sp³-hybridized carbons (Fsp3) is 0.722. The Labute approximate surface area is 179 Å². The van der Waals surface area contributed by atoms with Crippen molar-refractivity contribution in [2.75, 3.05) is 6.61 Å². The average molecular weight is 448 g/mol. The summed E-state index contributed by atoms with van der Waals surface area (Å²) in [5.41, 5.74) is 5.60. The van der Waals surface area contributed by atoms with Gasteiger partial charge in [0.1, 0.15) is 18.1 Å². The monoisotopic (exact) mass is 448 g/mol. The fourth-order valence-corrected chi connectivity index (χ4v) is 2.50. The zero-order valence-electron chi connectivity index (χ0n) is 17.7. The van der Waals surface area contributed by atoms with Gasteiger partial charge in [-0.3, -0.25) is 19.2 Å². The number of hydrogen-bond acceptors (Lipinski definition) is 8. The molecule has 13 heteroatoms. The number of aliphatic carboxylic acids is 2. The van der Waals surface area contributed by atoms with Crippen LogP contribution in [0.3, 0.4) is 0 Å². The zero-order chi connectivity index (χ0) is 24.3. The molecule has 0 aliphatic heterocycles. The molecule has 31 heavy (non-hydrogen) atoms. The van der Waals surface area contributed by atoms with Gasteiger partial charge >= 0.3 is 11.9 Å². The molecule has 0 spiro atoms. The van der Waals surface area contributed by atoms with Gasteiger partial charge in [-0.15, -0.1) is 0 Å². The van der Waals surface area contributed by atoms with Crippen LogP contribution in [0.25, 0.3) is 0 Å². The Balaban J connectivity index is 5.30. The number of carboxylic acid groups (broad SMARTS) is 2. The molecule has 0 heterocycles. The molecule has 5 atom stereocenters. The van der Waals surface area contributed by atoms with Crippen molar-refractivity contribution in [1.82, 2.24) is 16.0 Å². The molecule has 3 amide bonds. The number of carboxylic acids is 2. The number of carbonyl (C=O) groups excluding carboxylic acids is 3. The highest BCUT2D eigenvalue weighted by Crippen LogP contribution is 2.07. The van der Waals surface area contributed by atoms with Gasteiger partial charge in [0.15, 0.2) is 0 Å². The Morgan fingerprint density at radius 1 is 0.871 bits per heavy atom. The first-order valence-electron chi connectivity index (χ1n) is 9.70. The second kappa shape index (κ2) is 13.5. The SMILES string of the molecule is CC(C)CC(NC(=O)C(NC(=O)C(N)CCC(=O)O)C(C)O)C(=O)NC(CO)C(=O)O. The highest BCUT2D eigenvalue weighted by atomic mass is 16.4. The Bertz CT molecular complexity index is 654. The number of carbonyl (C=O) groups is 5. The molecule has 0 saturated carbocycles. The highest BCUT2D eigenvalue weighted by molar-refractivity contribution is 5.94. The van der Waals surface area contributed by atoms with Crippen LogP contribution < -0.4 is 21.7 Å². The van der Waals surface area contributed by atoms with Crippen LogP contribution in [-0.4, -0.2) is 87.0 Å². The van der Waals surface area contributed by atoms with E-state index in [9.17, 15) is 29.1 Å². The Morgan fingerprint density at radius 3 is 1.84 bits per heavy atom. The molecule has 0 rings (SSSR count). The summed E-state index contributed by atoms with van der Waals surface area (Å²) in [5, 5.41) is 43.3. The van der Waals surface area contributed by atoms with Crippen molar-refractivity contribution in [3.8, 4) is 0 Å². The van der Waals surface area contributed by atoms with Crippen molar-refractivity contribution in [3.63, 3.8) is 0 Å². The Kier molecular flexibility index (Phi) is 12.3. The summed E-state index contributed by atoms with van der Waals surface area (Å²) in [6.45, 7) is 3.87. The van der Waals surface area contributed by atoms with Gasteiger partial charge in [-0.25, -0.2) is 4.79 Å². The molecule has 0 aromatic carbocycles. The van der Waals surface area contributed by atoms with Crippen LogP contribution in [-0.2, 0) is 24.0 Å². The maximum Gasteiger partial charge on any atom is 0.328 e. The molecule has 9 N–H and O–H groups in total. The lowest BCUT2D eigenvalue weighted by Gasteiger charge is -2.27. The molecular weight excluding hydrogens is 416 g/mol. The van der Waals surface area contributed by atoms with Crippen LogP contribution >= 0.6 is 0 Å². The molecule has 0 fully saturated rings. The van der Waals surface area contributed by atoms with E-state index in [0.29, 0.717) is 0 Å². The van der Waals surface area contributed by atoms with E-state index in [4.69, 9.17) is 21.1 Å². The topological polar surface area (TPSA) is 228 Å². The van der Waals surface area contributed by atoms with Crippen LogP contribution in [0.1, 0.15) is 40.0 Å². The fourth-order valence-electron chi connectivity index (χ4n) is 2.50. The molecule has 0 aromatic heterocycles. The second-order valence-electron chi connectivity index (χ2n) is 7.54. The van der Waals surface area contributed by atoms with Gasteiger partial charge in [0.25, 0.3) is 0 Å². The van der Waals surface area contributed by atoms with Gasteiger partial charge in [-0.1, -0.05) is 13.8 Å². The van der Waals surface area contributed by atoms with Crippen molar-refractivity contribution in [1.29, 1.82) is 0 Å². The molecule has 0 radical (unpaired) electrons.